The average Bonchev–Trinajstić information content (AvgIpc) is 2.25. The van der Waals surface area contributed by atoms with Gasteiger partial charge in [-0.3, -0.25) is 0 Å². The monoisotopic (exact) mass is 287 g/mol. The highest BCUT2D eigenvalue weighted by atomic mass is 32.2. The number of thiocarbonyl (C=S) groups is 1. The number of nitrogens with two attached hydrogens (primary N) is 1. The summed E-state index contributed by atoms with van der Waals surface area (Å²) in [6, 6.07) is 6.99. The van der Waals surface area contributed by atoms with Gasteiger partial charge < -0.3 is 5.73 Å². The van der Waals surface area contributed by atoms with Crippen LogP contribution < -0.4 is 15.2 Å². The molecule has 0 aliphatic carbocycles. The molecule has 0 aliphatic heterocycles. The molecule has 7 heteroatoms. The molecule has 0 spiro atoms. The van der Waals surface area contributed by atoms with E-state index in [-0.39, 0.29) is 12.6 Å². The summed E-state index contributed by atoms with van der Waals surface area (Å²) >= 11 is 4.86. The zero-order valence-electron chi connectivity index (χ0n) is 10.3. The Hall–Kier alpha value is -1.02. The second-order valence-electron chi connectivity index (χ2n) is 4.16. The minimum atomic E-state index is -3.48. The van der Waals surface area contributed by atoms with E-state index < -0.39 is 10.2 Å². The molecule has 0 fully saturated rings. The second-order valence-corrected chi connectivity index (χ2v) is 6.13. The van der Waals surface area contributed by atoms with Gasteiger partial charge in [0.25, 0.3) is 10.2 Å². The Morgan fingerprint density at radius 2 is 2.11 bits per heavy atom. The first-order valence-corrected chi connectivity index (χ1v) is 7.35. The van der Waals surface area contributed by atoms with Crippen molar-refractivity contribution in [3.63, 3.8) is 0 Å². The smallest absolute Gasteiger partial charge is 0.277 e. The molecule has 18 heavy (non-hydrogen) atoms. The summed E-state index contributed by atoms with van der Waals surface area (Å²) in [6.07, 6.45) is 0. The molecule has 4 N–H and O–H groups in total. The molecule has 0 saturated carbocycles. The Bertz CT molecular complexity index is 527. The van der Waals surface area contributed by atoms with Crippen LogP contribution in [-0.2, 0) is 16.8 Å². The van der Waals surface area contributed by atoms with Gasteiger partial charge in [0.2, 0.25) is 0 Å². The Morgan fingerprint density at radius 3 is 2.67 bits per heavy atom. The van der Waals surface area contributed by atoms with Crippen molar-refractivity contribution in [1.82, 2.24) is 9.44 Å². The molecule has 0 atom stereocenters. The van der Waals surface area contributed by atoms with Crippen molar-refractivity contribution in [2.45, 2.75) is 26.4 Å². The fraction of sp³-hybridized carbons (Fsp3) is 0.364. The highest BCUT2D eigenvalue weighted by Gasteiger charge is 2.10. The van der Waals surface area contributed by atoms with Gasteiger partial charge in [-0.05, 0) is 25.5 Å². The van der Waals surface area contributed by atoms with Gasteiger partial charge >= 0.3 is 0 Å². The largest absolute Gasteiger partial charge is 0.389 e. The SMILES string of the molecule is CC(C)NS(=O)(=O)NCc1cccc(C(N)=S)c1. The summed E-state index contributed by atoms with van der Waals surface area (Å²) in [5.41, 5.74) is 7.03. The zero-order chi connectivity index (χ0) is 13.8. The van der Waals surface area contributed by atoms with Gasteiger partial charge in [0, 0.05) is 18.2 Å². The van der Waals surface area contributed by atoms with Gasteiger partial charge in [-0.25, -0.2) is 0 Å². The van der Waals surface area contributed by atoms with E-state index in [1.807, 2.05) is 0 Å². The first-order chi connectivity index (χ1) is 8.30. The zero-order valence-corrected chi connectivity index (χ0v) is 11.9. The highest BCUT2D eigenvalue weighted by molar-refractivity contribution is 7.87. The van der Waals surface area contributed by atoms with Crippen LogP contribution in [-0.4, -0.2) is 19.4 Å². The topological polar surface area (TPSA) is 84.2 Å². The van der Waals surface area contributed by atoms with E-state index in [2.05, 4.69) is 9.44 Å². The summed E-state index contributed by atoms with van der Waals surface area (Å²) < 4.78 is 28.0. The van der Waals surface area contributed by atoms with E-state index in [0.29, 0.717) is 4.99 Å². The van der Waals surface area contributed by atoms with Gasteiger partial charge in [-0.2, -0.15) is 17.9 Å². The van der Waals surface area contributed by atoms with Crippen LogP contribution in [0.15, 0.2) is 24.3 Å². The molecule has 0 saturated heterocycles. The predicted octanol–water partition coefficient (Wildman–Crippen LogP) is 0.653. The summed E-state index contributed by atoms with van der Waals surface area (Å²) in [7, 11) is -3.48. The van der Waals surface area contributed by atoms with Crippen LogP contribution in [0.25, 0.3) is 0 Å². The van der Waals surface area contributed by atoms with Crippen molar-refractivity contribution < 1.29 is 8.42 Å². The van der Waals surface area contributed by atoms with Gasteiger partial charge in [0.1, 0.15) is 4.99 Å². The van der Waals surface area contributed by atoms with E-state index in [0.717, 1.165) is 11.1 Å². The molecule has 5 nitrogen and oxygen atoms in total. The van der Waals surface area contributed by atoms with E-state index >= 15 is 0 Å². The first kappa shape index (κ1) is 15.0. The van der Waals surface area contributed by atoms with Crippen molar-refractivity contribution in [2.75, 3.05) is 0 Å². The molecule has 1 aromatic carbocycles. The van der Waals surface area contributed by atoms with Gasteiger partial charge in [0.05, 0.1) is 0 Å². The van der Waals surface area contributed by atoms with Crippen molar-refractivity contribution in [2.24, 2.45) is 5.73 Å². The second kappa shape index (κ2) is 6.24. The van der Waals surface area contributed by atoms with Crippen LogP contribution >= 0.6 is 12.2 Å². The maximum atomic E-state index is 11.6. The Morgan fingerprint density at radius 1 is 1.44 bits per heavy atom. The van der Waals surface area contributed by atoms with Gasteiger partial charge in [0.15, 0.2) is 0 Å². The normalized spacial score (nSPS) is 11.7. The number of benzene rings is 1. The molecule has 0 radical (unpaired) electrons. The lowest BCUT2D eigenvalue weighted by atomic mass is 10.1. The summed E-state index contributed by atoms with van der Waals surface area (Å²) in [5.74, 6) is 0. The lowest BCUT2D eigenvalue weighted by Gasteiger charge is -2.11. The number of hydrogen-bond acceptors (Lipinski definition) is 3. The van der Waals surface area contributed by atoms with E-state index in [1.165, 1.54) is 0 Å². The standard InChI is InChI=1S/C11H17N3O2S2/c1-8(2)14-18(15,16)13-7-9-4-3-5-10(6-9)11(12)17/h3-6,8,13-14H,7H2,1-2H3,(H2,12,17). The maximum Gasteiger partial charge on any atom is 0.277 e. The van der Waals surface area contributed by atoms with Crippen molar-refractivity contribution in [1.29, 1.82) is 0 Å². The molecule has 100 valence electrons. The van der Waals surface area contributed by atoms with Crippen LogP contribution in [0.2, 0.25) is 0 Å². The predicted molar refractivity (Wildman–Crippen MR) is 76.4 cm³/mol. The lowest BCUT2D eigenvalue weighted by molar-refractivity contribution is 0.554. The molecule has 0 unspecified atom stereocenters. The molecule has 0 aromatic heterocycles. The number of rotatable bonds is 6. The van der Waals surface area contributed by atoms with Crippen LogP contribution in [0.3, 0.4) is 0 Å². The van der Waals surface area contributed by atoms with Crippen LogP contribution in [0.1, 0.15) is 25.0 Å². The third-order valence-electron chi connectivity index (χ3n) is 2.07. The number of hydrogen-bond donors (Lipinski definition) is 3. The van der Waals surface area contributed by atoms with Crippen molar-refractivity contribution in [3.05, 3.63) is 35.4 Å². The van der Waals surface area contributed by atoms with E-state index in [1.54, 1.807) is 38.1 Å². The first-order valence-electron chi connectivity index (χ1n) is 5.46. The van der Waals surface area contributed by atoms with E-state index in [9.17, 15) is 8.42 Å². The Labute approximate surface area is 113 Å². The molecular weight excluding hydrogens is 270 g/mol. The molecule has 1 rings (SSSR count). The molecule has 1 aromatic rings. The maximum absolute atomic E-state index is 11.6. The minimum absolute atomic E-state index is 0.148. The van der Waals surface area contributed by atoms with Gasteiger partial charge in [-0.1, -0.05) is 30.4 Å². The quantitative estimate of drug-likeness (QED) is 0.671. The van der Waals surface area contributed by atoms with Gasteiger partial charge in [-0.15, -0.1) is 0 Å². The lowest BCUT2D eigenvalue weighted by Crippen LogP contribution is -2.39. The Balaban J connectivity index is 2.69. The van der Waals surface area contributed by atoms with Crippen LogP contribution in [0.5, 0.6) is 0 Å². The summed E-state index contributed by atoms with van der Waals surface area (Å²) in [4.78, 5) is 0.292. The third-order valence-corrected chi connectivity index (χ3v) is 3.61. The molecular formula is C11H17N3O2S2. The third kappa shape index (κ3) is 5.09. The van der Waals surface area contributed by atoms with Crippen molar-refractivity contribution >= 4 is 27.4 Å². The minimum Gasteiger partial charge on any atom is -0.389 e. The highest BCUT2D eigenvalue weighted by Crippen LogP contribution is 2.05. The fourth-order valence-corrected chi connectivity index (χ4v) is 2.55. The Kier molecular flexibility index (Phi) is 5.21. The van der Waals surface area contributed by atoms with Crippen molar-refractivity contribution in [3.8, 4) is 0 Å². The molecule has 0 heterocycles. The van der Waals surface area contributed by atoms with Crippen LogP contribution in [0.4, 0.5) is 0 Å². The molecule has 0 amide bonds. The number of nitrogens with one attached hydrogen (secondary N) is 2. The average molecular weight is 287 g/mol. The van der Waals surface area contributed by atoms with E-state index in [4.69, 9.17) is 18.0 Å². The fourth-order valence-electron chi connectivity index (χ4n) is 1.36. The summed E-state index contributed by atoms with van der Waals surface area (Å²) in [6.45, 7) is 3.71. The summed E-state index contributed by atoms with van der Waals surface area (Å²) in [5, 5.41) is 0. The molecule has 0 bridgehead atoms. The van der Waals surface area contributed by atoms with Crippen LogP contribution in [0, 0.1) is 0 Å². The molecule has 0 aliphatic rings.